The molecule has 0 aromatic heterocycles. The van der Waals surface area contributed by atoms with Crippen molar-refractivity contribution in [2.24, 2.45) is 11.0 Å². The van der Waals surface area contributed by atoms with Crippen molar-refractivity contribution in [1.29, 1.82) is 0 Å². The smallest absolute Gasteiger partial charge is 0.337 e. The number of carbonyl (C=O) groups excluding carboxylic acids is 2. The van der Waals surface area contributed by atoms with Crippen LogP contribution >= 0.6 is 11.8 Å². The highest BCUT2D eigenvalue weighted by Gasteiger charge is 2.38. The number of benzene rings is 3. The molecule has 3 atom stereocenters. The third-order valence-electron chi connectivity index (χ3n) is 7.57. The standard InChI is InChI=1S/C32H33N3O3S/c1-20-7-4-5-8-25(20)18-39-19-30(36)35-34-21(2)24-15-16-29-28(17-24)26-9-6-10-27(26)31(33-29)22-11-13-23(14-12-22)32(37)38-3/h4-9,11-17,26-27,31,33H,10,18-19H2,1-3H3,(H,35,36)/t26-,27+,31+/m1/s1. The van der Waals surface area contributed by atoms with E-state index >= 15 is 0 Å². The van der Waals surface area contributed by atoms with Crippen molar-refractivity contribution >= 4 is 35.0 Å². The highest BCUT2D eigenvalue weighted by Crippen LogP contribution is 2.50. The zero-order valence-electron chi connectivity index (χ0n) is 22.4. The van der Waals surface area contributed by atoms with E-state index in [4.69, 9.17) is 4.74 Å². The van der Waals surface area contributed by atoms with E-state index in [1.165, 1.54) is 23.8 Å². The number of carbonyl (C=O) groups is 2. The Morgan fingerprint density at radius 3 is 2.62 bits per heavy atom. The molecule has 0 bridgehead atoms. The molecule has 0 unspecified atom stereocenters. The number of nitrogens with zero attached hydrogens (tertiary/aromatic N) is 1. The largest absolute Gasteiger partial charge is 0.465 e. The van der Waals surface area contributed by atoms with Crippen molar-refractivity contribution in [3.63, 3.8) is 0 Å². The molecule has 0 saturated carbocycles. The highest BCUT2D eigenvalue weighted by molar-refractivity contribution is 7.99. The van der Waals surface area contributed by atoms with Crippen LogP contribution < -0.4 is 10.7 Å². The Labute approximate surface area is 233 Å². The fraction of sp³-hybridized carbons (Fsp3) is 0.281. The molecule has 2 aliphatic rings. The van der Waals surface area contributed by atoms with Crippen LogP contribution in [0.3, 0.4) is 0 Å². The number of hydrogen-bond acceptors (Lipinski definition) is 6. The van der Waals surface area contributed by atoms with Gasteiger partial charge in [0.15, 0.2) is 0 Å². The highest BCUT2D eigenvalue weighted by atomic mass is 32.2. The summed E-state index contributed by atoms with van der Waals surface area (Å²) in [5, 5.41) is 8.13. The molecule has 3 aromatic carbocycles. The van der Waals surface area contributed by atoms with E-state index in [0.717, 1.165) is 34.7 Å². The van der Waals surface area contributed by atoms with Crippen LogP contribution in [0.25, 0.3) is 0 Å². The molecule has 1 amide bonds. The van der Waals surface area contributed by atoms with Gasteiger partial charge in [0.05, 0.1) is 30.2 Å². The summed E-state index contributed by atoms with van der Waals surface area (Å²) in [6.07, 6.45) is 5.53. The monoisotopic (exact) mass is 539 g/mol. The summed E-state index contributed by atoms with van der Waals surface area (Å²) in [7, 11) is 1.40. The first-order valence-electron chi connectivity index (χ1n) is 13.2. The quantitative estimate of drug-likeness (QED) is 0.150. The average molecular weight is 540 g/mol. The summed E-state index contributed by atoms with van der Waals surface area (Å²) in [6.45, 7) is 4.01. The normalized spacial score (nSPS) is 19.6. The second-order valence-electron chi connectivity index (χ2n) is 10.0. The first-order chi connectivity index (χ1) is 18.9. The molecule has 5 rings (SSSR count). The molecular weight excluding hydrogens is 506 g/mol. The molecule has 0 spiro atoms. The molecular formula is C32H33N3O3S. The van der Waals surface area contributed by atoms with E-state index in [1.54, 1.807) is 11.8 Å². The summed E-state index contributed by atoms with van der Waals surface area (Å²) >= 11 is 1.59. The second-order valence-corrected chi connectivity index (χ2v) is 11.0. The number of allylic oxidation sites excluding steroid dienone is 2. The van der Waals surface area contributed by atoms with Crippen LogP contribution in [-0.2, 0) is 15.3 Å². The lowest BCUT2D eigenvalue weighted by atomic mass is 9.76. The van der Waals surface area contributed by atoms with E-state index in [2.05, 4.69) is 59.2 Å². The summed E-state index contributed by atoms with van der Waals surface area (Å²) in [5.41, 5.74) is 11.0. The lowest BCUT2D eigenvalue weighted by Gasteiger charge is -2.37. The van der Waals surface area contributed by atoms with Gasteiger partial charge in [-0.05, 0) is 78.3 Å². The Hall–Kier alpha value is -3.84. The molecule has 3 aromatic rings. The number of hydrogen-bond donors (Lipinski definition) is 2. The topological polar surface area (TPSA) is 79.8 Å². The molecule has 6 nitrogen and oxygen atoms in total. The van der Waals surface area contributed by atoms with Crippen molar-refractivity contribution in [3.8, 4) is 0 Å². The van der Waals surface area contributed by atoms with Gasteiger partial charge in [-0.2, -0.15) is 5.10 Å². The molecule has 0 saturated heterocycles. The number of ether oxygens (including phenoxy) is 1. The first-order valence-corrected chi connectivity index (χ1v) is 14.3. The Bertz CT molecular complexity index is 1430. The van der Waals surface area contributed by atoms with E-state index in [-0.39, 0.29) is 23.8 Å². The van der Waals surface area contributed by atoms with Crippen LogP contribution in [0.15, 0.2) is 84.0 Å². The van der Waals surface area contributed by atoms with Gasteiger partial charge < -0.3 is 10.1 Å². The van der Waals surface area contributed by atoms with E-state index in [9.17, 15) is 9.59 Å². The number of amides is 1. The molecule has 2 N–H and O–H groups in total. The SMILES string of the molecule is COC(=O)c1ccc([C@@H]2Nc3ccc(C(C)=NNC(=O)CSCc4ccccc4C)cc3[C@@H]3C=CC[C@@H]32)cc1. The Morgan fingerprint density at radius 2 is 1.85 bits per heavy atom. The molecule has 7 heteroatoms. The van der Waals surface area contributed by atoms with Gasteiger partial charge in [-0.3, -0.25) is 4.79 Å². The number of thioether (sulfide) groups is 1. The van der Waals surface area contributed by atoms with Crippen LogP contribution in [0, 0.1) is 12.8 Å². The molecule has 1 aliphatic heterocycles. The number of esters is 1. The van der Waals surface area contributed by atoms with Gasteiger partial charge in [-0.15, -0.1) is 11.8 Å². The van der Waals surface area contributed by atoms with Crippen LogP contribution in [0.2, 0.25) is 0 Å². The lowest BCUT2D eigenvalue weighted by molar-refractivity contribution is -0.118. The van der Waals surface area contributed by atoms with Crippen molar-refractivity contribution in [1.82, 2.24) is 5.43 Å². The molecule has 200 valence electrons. The Kier molecular flexibility index (Phi) is 8.17. The predicted molar refractivity (Wildman–Crippen MR) is 158 cm³/mol. The van der Waals surface area contributed by atoms with Crippen LogP contribution in [0.4, 0.5) is 5.69 Å². The number of nitrogens with one attached hydrogen (secondary N) is 2. The van der Waals surface area contributed by atoms with Crippen molar-refractivity contribution in [3.05, 3.63) is 112 Å². The number of rotatable bonds is 8. The summed E-state index contributed by atoms with van der Waals surface area (Å²) < 4.78 is 4.84. The van der Waals surface area contributed by atoms with E-state index < -0.39 is 0 Å². The summed E-state index contributed by atoms with van der Waals surface area (Å²) in [5.74, 6) is 1.38. The minimum atomic E-state index is -0.328. The molecule has 0 fully saturated rings. The third kappa shape index (κ3) is 5.93. The van der Waals surface area contributed by atoms with Crippen molar-refractivity contribution in [2.45, 2.75) is 38.0 Å². The Balaban J connectivity index is 1.25. The molecule has 0 radical (unpaired) electrons. The zero-order valence-corrected chi connectivity index (χ0v) is 23.3. The second kappa shape index (κ2) is 11.9. The minimum absolute atomic E-state index is 0.104. The number of anilines is 1. The van der Waals surface area contributed by atoms with Gasteiger partial charge in [0, 0.05) is 17.4 Å². The lowest BCUT2D eigenvalue weighted by Crippen LogP contribution is -2.29. The van der Waals surface area contributed by atoms with Gasteiger partial charge in [-0.25, -0.2) is 10.2 Å². The zero-order chi connectivity index (χ0) is 27.4. The summed E-state index contributed by atoms with van der Waals surface area (Å²) in [6, 6.07) is 22.4. The fourth-order valence-electron chi connectivity index (χ4n) is 5.36. The van der Waals surface area contributed by atoms with E-state index in [0.29, 0.717) is 17.2 Å². The Morgan fingerprint density at radius 1 is 1.08 bits per heavy atom. The maximum absolute atomic E-state index is 12.4. The van der Waals surface area contributed by atoms with Gasteiger partial charge in [-0.1, -0.05) is 54.6 Å². The van der Waals surface area contributed by atoms with Gasteiger partial charge >= 0.3 is 5.97 Å². The fourth-order valence-corrected chi connectivity index (χ4v) is 6.26. The number of methoxy groups -OCH3 is 1. The van der Waals surface area contributed by atoms with Gasteiger partial charge in [0.1, 0.15) is 0 Å². The first kappa shape index (κ1) is 26.8. The van der Waals surface area contributed by atoms with Crippen LogP contribution in [-0.4, -0.2) is 30.5 Å². The third-order valence-corrected chi connectivity index (χ3v) is 8.55. The molecule has 1 heterocycles. The maximum atomic E-state index is 12.4. The summed E-state index contributed by atoms with van der Waals surface area (Å²) in [4.78, 5) is 24.2. The number of fused-ring (bicyclic) bond motifs is 3. The van der Waals surface area contributed by atoms with Crippen molar-refractivity contribution in [2.75, 3.05) is 18.2 Å². The molecule has 1 aliphatic carbocycles. The minimum Gasteiger partial charge on any atom is -0.465 e. The van der Waals surface area contributed by atoms with Gasteiger partial charge in [0.25, 0.3) is 0 Å². The predicted octanol–water partition coefficient (Wildman–Crippen LogP) is 6.38. The molecule has 39 heavy (non-hydrogen) atoms. The number of aryl methyl sites for hydroxylation is 1. The van der Waals surface area contributed by atoms with Crippen molar-refractivity contribution < 1.29 is 14.3 Å². The van der Waals surface area contributed by atoms with E-state index in [1.807, 2.05) is 49.4 Å². The van der Waals surface area contributed by atoms with Crippen LogP contribution in [0.1, 0.15) is 63.5 Å². The number of hydrazone groups is 1. The maximum Gasteiger partial charge on any atom is 0.337 e. The average Bonchev–Trinajstić information content (AvgIpc) is 3.46. The van der Waals surface area contributed by atoms with Crippen LogP contribution in [0.5, 0.6) is 0 Å². The van der Waals surface area contributed by atoms with Gasteiger partial charge in [0.2, 0.25) is 5.91 Å².